The van der Waals surface area contributed by atoms with Crippen molar-refractivity contribution in [2.45, 2.75) is 44.9 Å². The van der Waals surface area contributed by atoms with E-state index in [4.69, 9.17) is 0 Å². The summed E-state index contributed by atoms with van der Waals surface area (Å²) < 4.78 is 0. The summed E-state index contributed by atoms with van der Waals surface area (Å²) in [6.45, 7) is 4.27. The van der Waals surface area contributed by atoms with Crippen LogP contribution in [0.5, 0.6) is 0 Å². The van der Waals surface area contributed by atoms with Crippen LogP contribution < -0.4 is 0 Å². The highest BCUT2D eigenvalue weighted by Crippen LogP contribution is 2.30. The first-order valence-corrected chi connectivity index (χ1v) is 8.51. The largest absolute Gasteiger partial charge is 0.303 e. The predicted octanol–water partition coefficient (Wildman–Crippen LogP) is 3.87. The molecule has 1 aromatic carbocycles. The van der Waals surface area contributed by atoms with Crippen LogP contribution >= 0.6 is 0 Å². The van der Waals surface area contributed by atoms with E-state index in [9.17, 15) is 0 Å². The summed E-state index contributed by atoms with van der Waals surface area (Å²) in [5.74, 6) is 0. The Morgan fingerprint density at radius 1 is 1.09 bits per heavy atom. The van der Waals surface area contributed by atoms with Crippen molar-refractivity contribution >= 4 is 0 Å². The van der Waals surface area contributed by atoms with Crippen LogP contribution in [0.25, 0.3) is 0 Å². The molecule has 0 bridgehead atoms. The molecular weight excluding hydrogens is 282 g/mol. The van der Waals surface area contributed by atoms with Crippen molar-refractivity contribution < 1.29 is 0 Å². The van der Waals surface area contributed by atoms with E-state index in [-0.39, 0.29) is 0 Å². The Bertz CT molecular complexity index is 620. The maximum absolute atomic E-state index is 4.25. The zero-order valence-corrected chi connectivity index (χ0v) is 14.4. The van der Waals surface area contributed by atoms with Crippen molar-refractivity contribution in [3.63, 3.8) is 0 Å². The number of nitrogens with zero attached hydrogens (tertiary/aromatic N) is 3. The minimum absolute atomic E-state index is 0.447. The molecule has 0 amide bonds. The van der Waals surface area contributed by atoms with E-state index in [1.807, 2.05) is 18.5 Å². The van der Waals surface area contributed by atoms with Crippen molar-refractivity contribution in [2.75, 3.05) is 14.1 Å². The number of rotatable bonds is 7. The molecule has 1 fully saturated rings. The molecular formula is C20H27N3. The zero-order chi connectivity index (χ0) is 16.2. The molecule has 0 spiro atoms. The number of benzene rings is 1. The van der Waals surface area contributed by atoms with Gasteiger partial charge in [0.05, 0.1) is 0 Å². The first-order valence-electron chi connectivity index (χ1n) is 8.51. The van der Waals surface area contributed by atoms with Gasteiger partial charge in [-0.05, 0) is 56.6 Å². The fraction of sp³-hybridized carbons (Fsp3) is 0.450. The Labute approximate surface area is 140 Å². The Morgan fingerprint density at radius 3 is 2.48 bits per heavy atom. The van der Waals surface area contributed by atoms with Crippen LogP contribution in [0.4, 0.5) is 0 Å². The third-order valence-corrected chi connectivity index (χ3v) is 4.77. The van der Waals surface area contributed by atoms with Gasteiger partial charge in [-0.25, -0.2) is 0 Å². The van der Waals surface area contributed by atoms with Gasteiger partial charge in [-0.1, -0.05) is 30.3 Å². The monoisotopic (exact) mass is 309 g/mol. The van der Waals surface area contributed by atoms with Crippen LogP contribution in [-0.2, 0) is 13.1 Å². The van der Waals surface area contributed by atoms with E-state index < -0.39 is 0 Å². The standard InChI is InChI=1S/C20H27N3/c1-16(22(2)3)19-8-4-6-17(12-19)14-23(20-9-10-20)15-18-7-5-11-21-13-18/h4-8,11-13,16,20H,9-10,14-15H2,1-3H3/t16-/m0/s1. The minimum atomic E-state index is 0.447. The number of hydrogen-bond acceptors (Lipinski definition) is 3. The second-order valence-corrected chi connectivity index (χ2v) is 6.88. The highest BCUT2D eigenvalue weighted by Gasteiger charge is 2.29. The summed E-state index contributed by atoms with van der Waals surface area (Å²) >= 11 is 0. The maximum atomic E-state index is 4.25. The van der Waals surface area contributed by atoms with Gasteiger partial charge in [-0.15, -0.1) is 0 Å². The lowest BCUT2D eigenvalue weighted by molar-refractivity contribution is 0.245. The van der Waals surface area contributed by atoms with Crippen LogP contribution in [-0.4, -0.2) is 34.9 Å². The van der Waals surface area contributed by atoms with Gasteiger partial charge in [0, 0.05) is 37.6 Å². The van der Waals surface area contributed by atoms with Crippen molar-refractivity contribution in [1.82, 2.24) is 14.8 Å². The first kappa shape index (κ1) is 16.2. The lowest BCUT2D eigenvalue weighted by Crippen LogP contribution is -2.25. The van der Waals surface area contributed by atoms with Gasteiger partial charge >= 0.3 is 0 Å². The molecule has 1 aliphatic carbocycles. The molecule has 3 heteroatoms. The number of pyridine rings is 1. The normalized spacial score (nSPS) is 16.0. The highest BCUT2D eigenvalue weighted by molar-refractivity contribution is 5.26. The van der Waals surface area contributed by atoms with Crippen LogP contribution in [0, 0.1) is 0 Å². The van der Waals surface area contributed by atoms with Crippen molar-refractivity contribution in [2.24, 2.45) is 0 Å². The summed E-state index contributed by atoms with van der Waals surface area (Å²) in [6, 6.07) is 14.4. The van der Waals surface area contributed by atoms with Crippen molar-refractivity contribution in [1.29, 1.82) is 0 Å². The molecule has 1 saturated carbocycles. The third-order valence-electron chi connectivity index (χ3n) is 4.77. The summed E-state index contributed by atoms with van der Waals surface area (Å²) in [5.41, 5.74) is 4.11. The second kappa shape index (κ2) is 7.24. The molecule has 3 nitrogen and oxygen atoms in total. The third kappa shape index (κ3) is 4.40. The van der Waals surface area contributed by atoms with Gasteiger partial charge in [0.1, 0.15) is 0 Å². The predicted molar refractivity (Wildman–Crippen MR) is 95.1 cm³/mol. The van der Waals surface area contributed by atoms with E-state index in [1.165, 1.54) is 29.5 Å². The molecule has 0 unspecified atom stereocenters. The van der Waals surface area contributed by atoms with E-state index in [1.54, 1.807) is 0 Å². The van der Waals surface area contributed by atoms with Gasteiger partial charge in [0.25, 0.3) is 0 Å². The van der Waals surface area contributed by atoms with Crippen LogP contribution in [0.3, 0.4) is 0 Å². The van der Waals surface area contributed by atoms with Gasteiger partial charge in [0.15, 0.2) is 0 Å². The molecule has 122 valence electrons. The smallest absolute Gasteiger partial charge is 0.0313 e. The summed E-state index contributed by atoms with van der Waals surface area (Å²) in [7, 11) is 4.27. The Kier molecular flexibility index (Phi) is 5.09. The van der Waals surface area contributed by atoms with Crippen LogP contribution in [0.1, 0.15) is 42.5 Å². The molecule has 0 radical (unpaired) electrons. The molecule has 2 aromatic rings. The first-order chi connectivity index (χ1) is 11.1. The zero-order valence-electron chi connectivity index (χ0n) is 14.4. The van der Waals surface area contributed by atoms with Crippen molar-refractivity contribution in [3.05, 3.63) is 65.5 Å². The molecule has 1 aliphatic rings. The van der Waals surface area contributed by atoms with E-state index in [0.717, 1.165) is 19.1 Å². The Hall–Kier alpha value is -1.71. The highest BCUT2D eigenvalue weighted by atomic mass is 15.2. The quantitative estimate of drug-likeness (QED) is 0.774. The van der Waals surface area contributed by atoms with Gasteiger partial charge < -0.3 is 4.90 Å². The molecule has 1 atom stereocenters. The average Bonchev–Trinajstić information content (AvgIpc) is 3.39. The van der Waals surface area contributed by atoms with E-state index in [2.05, 4.69) is 66.1 Å². The van der Waals surface area contributed by atoms with Gasteiger partial charge in [-0.2, -0.15) is 0 Å². The fourth-order valence-electron chi connectivity index (χ4n) is 2.96. The molecule has 3 rings (SSSR count). The second-order valence-electron chi connectivity index (χ2n) is 6.88. The fourth-order valence-corrected chi connectivity index (χ4v) is 2.96. The summed E-state index contributed by atoms with van der Waals surface area (Å²) in [5, 5.41) is 0. The molecule has 1 aromatic heterocycles. The van der Waals surface area contributed by atoms with E-state index >= 15 is 0 Å². The topological polar surface area (TPSA) is 19.4 Å². The van der Waals surface area contributed by atoms with Crippen LogP contribution in [0.15, 0.2) is 48.8 Å². The van der Waals surface area contributed by atoms with Crippen molar-refractivity contribution in [3.8, 4) is 0 Å². The van der Waals surface area contributed by atoms with Gasteiger partial charge in [-0.3, -0.25) is 9.88 Å². The summed E-state index contributed by atoms with van der Waals surface area (Å²) in [6.07, 6.45) is 6.49. The molecule has 0 N–H and O–H groups in total. The molecule has 1 heterocycles. The Morgan fingerprint density at radius 2 is 1.83 bits per heavy atom. The molecule has 0 aliphatic heterocycles. The number of aromatic nitrogens is 1. The molecule has 0 saturated heterocycles. The maximum Gasteiger partial charge on any atom is 0.0313 e. The Balaban J connectivity index is 1.72. The average molecular weight is 309 g/mol. The lowest BCUT2D eigenvalue weighted by Gasteiger charge is -2.24. The van der Waals surface area contributed by atoms with E-state index in [0.29, 0.717) is 6.04 Å². The lowest BCUT2D eigenvalue weighted by atomic mass is 10.0. The SMILES string of the molecule is C[C@@H](c1cccc(CN(Cc2cccnc2)C2CC2)c1)N(C)C. The summed E-state index contributed by atoms with van der Waals surface area (Å²) in [4.78, 5) is 9.10. The number of hydrogen-bond donors (Lipinski definition) is 0. The van der Waals surface area contributed by atoms with Crippen LogP contribution in [0.2, 0.25) is 0 Å². The van der Waals surface area contributed by atoms with Gasteiger partial charge in [0.2, 0.25) is 0 Å². The molecule has 23 heavy (non-hydrogen) atoms. The minimum Gasteiger partial charge on any atom is -0.303 e.